The molecule has 0 atom stereocenters. The van der Waals surface area contributed by atoms with E-state index in [1.165, 1.54) is 10.7 Å². The summed E-state index contributed by atoms with van der Waals surface area (Å²) in [6.45, 7) is 5.05. The van der Waals surface area contributed by atoms with Gasteiger partial charge in [0, 0.05) is 17.6 Å². The number of aromatic nitrogens is 3. The zero-order valence-electron chi connectivity index (χ0n) is 17.7. The predicted octanol–water partition coefficient (Wildman–Crippen LogP) is 4.15. The number of benzene rings is 1. The Morgan fingerprint density at radius 3 is 2.53 bits per heavy atom. The van der Waals surface area contributed by atoms with Crippen molar-refractivity contribution in [2.24, 2.45) is 0 Å². The number of hydrogen-bond acceptors (Lipinski definition) is 5. The van der Waals surface area contributed by atoms with E-state index in [0.717, 1.165) is 0 Å². The van der Waals surface area contributed by atoms with Gasteiger partial charge in [0.1, 0.15) is 5.69 Å². The van der Waals surface area contributed by atoms with Crippen LogP contribution in [0.25, 0.3) is 5.82 Å². The number of anilines is 1. The summed E-state index contributed by atoms with van der Waals surface area (Å²) < 4.78 is 1.35. The van der Waals surface area contributed by atoms with E-state index in [-0.39, 0.29) is 29.3 Å². The maximum atomic E-state index is 13.2. The fourth-order valence-corrected chi connectivity index (χ4v) is 3.50. The molecule has 2 heterocycles. The first-order valence-corrected chi connectivity index (χ1v) is 10.6. The van der Waals surface area contributed by atoms with Crippen LogP contribution < -0.4 is 10.6 Å². The second kappa shape index (κ2) is 9.93. The van der Waals surface area contributed by atoms with Crippen LogP contribution in [0, 0.1) is 13.8 Å². The number of nitrogens with one attached hydrogen (secondary N) is 2. The lowest BCUT2D eigenvalue weighted by Gasteiger charge is -2.15. The van der Waals surface area contributed by atoms with Crippen molar-refractivity contribution in [1.29, 1.82) is 0 Å². The molecule has 10 heteroatoms. The van der Waals surface area contributed by atoms with E-state index in [1.807, 2.05) is 0 Å². The molecule has 0 bridgehead atoms. The minimum atomic E-state index is -0.523. The van der Waals surface area contributed by atoms with E-state index in [2.05, 4.69) is 20.7 Å². The van der Waals surface area contributed by atoms with Crippen molar-refractivity contribution in [2.45, 2.75) is 27.2 Å². The summed E-state index contributed by atoms with van der Waals surface area (Å²) in [5.74, 6) is -0.854. The monoisotopic (exact) mass is 473 g/mol. The van der Waals surface area contributed by atoms with E-state index < -0.39 is 11.8 Å². The van der Waals surface area contributed by atoms with E-state index in [9.17, 15) is 14.4 Å². The molecular weight excluding hydrogens is 453 g/mol. The fourth-order valence-electron chi connectivity index (χ4n) is 3.02. The highest BCUT2D eigenvalue weighted by Gasteiger charge is 2.22. The molecule has 8 nitrogen and oxygen atoms in total. The highest BCUT2D eigenvalue weighted by Crippen LogP contribution is 2.27. The van der Waals surface area contributed by atoms with Crippen molar-refractivity contribution in [3.63, 3.8) is 0 Å². The zero-order valence-corrected chi connectivity index (χ0v) is 19.2. The second-order valence-electron chi connectivity index (χ2n) is 7.07. The van der Waals surface area contributed by atoms with Gasteiger partial charge in [-0.15, -0.1) is 0 Å². The van der Waals surface area contributed by atoms with Gasteiger partial charge in [-0.25, -0.2) is 9.67 Å². The quantitative estimate of drug-likeness (QED) is 0.535. The van der Waals surface area contributed by atoms with Crippen LogP contribution in [0.15, 0.2) is 36.5 Å². The van der Waals surface area contributed by atoms with Crippen LogP contribution in [0.3, 0.4) is 0 Å². The number of pyridine rings is 1. The molecule has 0 fully saturated rings. The summed E-state index contributed by atoms with van der Waals surface area (Å²) in [6.07, 6.45) is 1.85. The first-order chi connectivity index (χ1) is 15.2. The number of aryl methyl sites for hydroxylation is 2. The molecule has 0 radical (unpaired) electrons. The first-order valence-electron chi connectivity index (χ1n) is 9.80. The molecule has 3 rings (SSSR count). The number of hydrogen-bond donors (Lipinski definition) is 2. The van der Waals surface area contributed by atoms with Gasteiger partial charge in [0.05, 0.1) is 28.5 Å². The molecule has 2 amide bonds. The number of Topliss-reactive ketones (excluding diaryl/α,β-unsaturated/α-hetero) is 1. The van der Waals surface area contributed by atoms with Crippen LogP contribution in [0.4, 0.5) is 5.69 Å². The second-order valence-corrected chi connectivity index (χ2v) is 7.91. The van der Waals surface area contributed by atoms with Crippen molar-refractivity contribution < 1.29 is 14.4 Å². The fraction of sp³-hybridized carbons (Fsp3) is 0.227. The van der Waals surface area contributed by atoms with Crippen molar-refractivity contribution >= 4 is 46.5 Å². The van der Waals surface area contributed by atoms with Gasteiger partial charge in [-0.1, -0.05) is 30.1 Å². The Kier molecular flexibility index (Phi) is 7.27. The molecule has 0 spiro atoms. The minimum absolute atomic E-state index is 0.113. The lowest BCUT2D eigenvalue weighted by molar-refractivity contribution is -0.117. The molecule has 2 N–H and O–H groups in total. The number of nitrogens with zero attached hydrogens (tertiary/aromatic N) is 3. The topological polar surface area (TPSA) is 106 Å². The third-order valence-corrected chi connectivity index (χ3v) is 5.14. The number of amides is 2. The molecule has 0 unspecified atom stereocenters. The van der Waals surface area contributed by atoms with Crippen LogP contribution >= 0.6 is 23.2 Å². The first kappa shape index (κ1) is 23.4. The highest BCUT2D eigenvalue weighted by atomic mass is 35.5. The maximum absolute atomic E-state index is 13.2. The van der Waals surface area contributed by atoms with Crippen LogP contribution in [0.5, 0.6) is 0 Å². The molecule has 2 aromatic heterocycles. The number of halogens is 2. The number of carbonyl (C=O) groups excluding carboxylic acids is 3. The summed E-state index contributed by atoms with van der Waals surface area (Å²) in [4.78, 5) is 41.7. The van der Waals surface area contributed by atoms with E-state index in [4.69, 9.17) is 23.2 Å². The summed E-state index contributed by atoms with van der Waals surface area (Å²) in [5, 5.41) is 10.3. The lowest BCUT2D eigenvalue weighted by Crippen LogP contribution is -2.30. The van der Waals surface area contributed by atoms with Crippen LogP contribution in [0.2, 0.25) is 10.0 Å². The molecule has 1 aromatic carbocycles. The average molecular weight is 474 g/mol. The Morgan fingerprint density at radius 2 is 1.84 bits per heavy atom. The van der Waals surface area contributed by atoms with Gasteiger partial charge < -0.3 is 10.6 Å². The third-order valence-electron chi connectivity index (χ3n) is 4.63. The van der Waals surface area contributed by atoms with E-state index >= 15 is 0 Å². The normalized spacial score (nSPS) is 10.7. The largest absolute Gasteiger partial charge is 0.345 e. The Hall–Kier alpha value is -3.23. The van der Waals surface area contributed by atoms with Crippen LogP contribution in [0.1, 0.15) is 45.4 Å². The molecule has 166 valence electrons. The summed E-state index contributed by atoms with van der Waals surface area (Å²) in [6, 6.07) is 7.97. The van der Waals surface area contributed by atoms with Gasteiger partial charge >= 0.3 is 0 Å². The van der Waals surface area contributed by atoms with E-state index in [1.54, 1.807) is 51.2 Å². The van der Waals surface area contributed by atoms with Gasteiger partial charge in [-0.3, -0.25) is 14.4 Å². The minimum Gasteiger partial charge on any atom is -0.345 e. The lowest BCUT2D eigenvalue weighted by atomic mass is 10.1. The standard InChI is InChI=1S/C22H21Cl2N5O3/c1-4-15(30)11-26-21(31)16-10-14(23)8-12(2)19(16)27-22(32)18-9-13(3)28-29(18)20-17(24)6-5-7-25-20/h5-10H,4,11H2,1-3H3,(H,26,31)(H,27,32). The molecule has 3 aromatic rings. The molecular formula is C22H21Cl2N5O3. The van der Waals surface area contributed by atoms with Gasteiger partial charge in [-0.05, 0) is 49.7 Å². The summed E-state index contributed by atoms with van der Waals surface area (Å²) in [5.41, 5.74) is 1.77. The number of ketones is 1. The molecule has 0 saturated carbocycles. The predicted molar refractivity (Wildman–Crippen MR) is 123 cm³/mol. The Labute approximate surface area is 194 Å². The Bertz CT molecular complexity index is 1210. The molecule has 0 aliphatic rings. The third kappa shape index (κ3) is 5.15. The van der Waals surface area contributed by atoms with Crippen molar-refractivity contribution in [3.05, 3.63) is 69.1 Å². The highest BCUT2D eigenvalue weighted by molar-refractivity contribution is 6.32. The smallest absolute Gasteiger partial charge is 0.274 e. The average Bonchev–Trinajstić information content (AvgIpc) is 3.15. The van der Waals surface area contributed by atoms with Gasteiger partial charge in [0.2, 0.25) is 0 Å². The Morgan fingerprint density at radius 1 is 1.09 bits per heavy atom. The number of carbonyl (C=O) groups is 3. The summed E-state index contributed by atoms with van der Waals surface area (Å²) in [7, 11) is 0. The molecule has 0 aliphatic carbocycles. The number of rotatable bonds is 7. The van der Waals surface area contributed by atoms with Crippen molar-refractivity contribution in [3.8, 4) is 5.82 Å². The zero-order chi connectivity index (χ0) is 23.4. The summed E-state index contributed by atoms with van der Waals surface area (Å²) >= 11 is 12.4. The van der Waals surface area contributed by atoms with Gasteiger partial charge in [0.25, 0.3) is 11.8 Å². The molecule has 32 heavy (non-hydrogen) atoms. The SMILES string of the molecule is CCC(=O)CNC(=O)c1cc(Cl)cc(C)c1NC(=O)c1cc(C)nn1-c1ncccc1Cl. The van der Waals surface area contributed by atoms with Crippen LogP contribution in [-0.4, -0.2) is 38.9 Å². The van der Waals surface area contributed by atoms with Crippen LogP contribution in [-0.2, 0) is 4.79 Å². The van der Waals surface area contributed by atoms with Gasteiger partial charge in [0.15, 0.2) is 11.6 Å². The van der Waals surface area contributed by atoms with E-state index in [0.29, 0.717) is 33.5 Å². The Balaban J connectivity index is 1.96. The van der Waals surface area contributed by atoms with Gasteiger partial charge in [-0.2, -0.15) is 5.10 Å². The maximum Gasteiger partial charge on any atom is 0.274 e. The molecule has 0 saturated heterocycles. The van der Waals surface area contributed by atoms with Crippen molar-refractivity contribution in [2.75, 3.05) is 11.9 Å². The molecule has 0 aliphatic heterocycles. The van der Waals surface area contributed by atoms with Crippen molar-refractivity contribution in [1.82, 2.24) is 20.1 Å².